The van der Waals surface area contributed by atoms with Crippen molar-refractivity contribution in [2.45, 2.75) is 26.4 Å². The average Bonchev–Trinajstić information content (AvgIpc) is 2.27. The van der Waals surface area contributed by atoms with Crippen molar-refractivity contribution in [1.29, 1.82) is 0 Å². The van der Waals surface area contributed by atoms with Gasteiger partial charge in [-0.05, 0) is 32.9 Å². The number of hydrogen-bond donors (Lipinski definition) is 2. The molecule has 0 radical (unpaired) electrons. The van der Waals surface area contributed by atoms with Gasteiger partial charge in [0.15, 0.2) is 0 Å². The van der Waals surface area contributed by atoms with Crippen LogP contribution in [0, 0.1) is 0 Å². The zero-order valence-corrected chi connectivity index (χ0v) is 11.0. The Morgan fingerprint density at radius 1 is 1.39 bits per heavy atom. The summed E-state index contributed by atoms with van der Waals surface area (Å²) in [6.07, 6.45) is -0.431. The predicted molar refractivity (Wildman–Crippen MR) is 71.6 cm³/mol. The first-order chi connectivity index (χ1) is 8.46. The van der Waals surface area contributed by atoms with E-state index in [1.165, 1.54) is 0 Å². The number of ether oxygens (including phenoxy) is 1. The van der Waals surface area contributed by atoms with E-state index >= 15 is 0 Å². The first-order valence-corrected chi connectivity index (χ1v) is 6.06. The van der Waals surface area contributed by atoms with Crippen LogP contribution in [-0.4, -0.2) is 24.8 Å². The quantitative estimate of drug-likeness (QED) is 0.802. The fourth-order valence-electron chi connectivity index (χ4n) is 1.81. The highest BCUT2D eigenvalue weighted by molar-refractivity contribution is 5.76. The summed E-state index contributed by atoms with van der Waals surface area (Å²) in [7, 11) is 0. The number of para-hydroxylation sites is 2. The lowest BCUT2D eigenvalue weighted by Crippen LogP contribution is -2.48. The van der Waals surface area contributed by atoms with Gasteiger partial charge in [-0.25, -0.2) is 10.2 Å². The number of amides is 1. The summed E-state index contributed by atoms with van der Waals surface area (Å²) in [6, 6.07) is 7.84. The van der Waals surface area contributed by atoms with Crippen LogP contribution in [0.1, 0.15) is 20.8 Å². The number of rotatable bonds is 1. The largest absolute Gasteiger partial charge is 0.443 e. The lowest BCUT2D eigenvalue weighted by Gasteiger charge is -2.32. The van der Waals surface area contributed by atoms with Crippen LogP contribution in [0.2, 0.25) is 0 Å². The molecule has 1 aromatic carbocycles. The Kier molecular flexibility index (Phi) is 3.32. The molecular weight excluding hydrogens is 230 g/mol. The van der Waals surface area contributed by atoms with E-state index in [9.17, 15) is 4.79 Å². The minimum absolute atomic E-state index is 0.431. The van der Waals surface area contributed by atoms with Gasteiger partial charge in [-0.15, -0.1) is 0 Å². The molecule has 1 heterocycles. The minimum Gasteiger partial charge on any atom is -0.443 e. The molecule has 0 fully saturated rings. The molecule has 0 aromatic heterocycles. The standard InChI is InChI=1S/C13H19N3O2/c1-13(2,3)18-12(17)15-16-9-8-14-10-6-4-5-7-11(10)16/h4-7,14H,8-9H2,1-3H3,(H,15,17). The van der Waals surface area contributed by atoms with Gasteiger partial charge in [0.1, 0.15) is 5.60 Å². The summed E-state index contributed by atoms with van der Waals surface area (Å²) in [5.74, 6) is 0. The molecular formula is C13H19N3O2. The Morgan fingerprint density at radius 3 is 2.83 bits per heavy atom. The van der Waals surface area contributed by atoms with E-state index in [1.807, 2.05) is 45.0 Å². The zero-order chi connectivity index (χ0) is 13.2. The Bertz CT molecular complexity index is 440. The Balaban J connectivity index is 2.05. The Labute approximate surface area is 107 Å². The van der Waals surface area contributed by atoms with Crippen LogP contribution in [0.25, 0.3) is 0 Å². The van der Waals surface area contributed by atoms with Crippen LogP contribution in [0.5, 0.6) is 0 Å². The van der Waals surface area contributed by atoms with E-state index in [1.54, 1.807) is 5.01 Å². The smallest absolute Gasteiger partial charge is 0.426 e. The molecule has 0 atom stereocenters. The SMILES string of the molecule is CC(C)(C)OC(=O)NN1CCNc2ccccc21. The van der Waals surface area contributed by atoms with E-state index in [0.29, 0.717) is 6.54 Å². The van der Waals surface area contributed by atoms with Crippen molar-refractivity contribution in [3.8, 4) is 0 Å². The van der Waals surface area contributed by atoms with Crippen molar-refractivity contribution < 1.29 is 9.53 Å². The van der Waals surface area contributed by atoms with Crippen molar-refractivity contribution >= 4 is 17.5 Å². The molecule has 1 aliphatic heterocycles. The molecule has 1 aromatic rings. The number of carbonyl (C=O) groups is 1. The van der Waals surface area contributed by atoms with Crippen LogP contribution in [0.3, 0.4) is 0 Å². The lowest BCUT2D eigenvalue weighted by atomic mass is 10.2. The van der Waals surface area contributed by atoms with Gasteiger partial charge >= 0.3 is 6.09 Å². The second-order valence-corrected chi connectivity index (χ2v) is 5.21. The first kappa shape index (κ1) is 12.5. The van der Waals surface area contributed by atoms with Crippen LogP contribution < -0.4 is 15.8 Å². The van der Waals surface area contributed by atoms with Crippen LogP contribution in [-0.2, 0) is 4.74 Å². The normalized spacial score (nSPS) is 14.5. The van der Waals surface area contributed by atoms with Crippen molar-refractivity contribution in [2.24, 2.45) is 0 Å². The van der Waals surface area contributed by atoms with Crippen molar-refractivity contribution in [3.63, 3.8) is 0 Å². The van der Waals surface area contributed by atoms with E-state index in [0.717, 1.165) is 17.9 Å². The van der Waals surface area contributed by atoms with Gasteiger partial charge in [0, 0.05) is 6.54 Å². The van der Waals surface area contributed by atoms with Crippen molar-refractivity contribution in [3.05, 3.63) is 24.3 Å². The minimum atomic E-state index is -0.488. The highest BCUT2D eigenvalue weighted by Gasteiger charge is 2.21. The number of hydrogen-bond acceptors (Lipinski definition) is 4. The second kappa shape index (κ2) is 4.76. The third-order valence-electron chi connectivity index (χ3n) is 2.47. The third kappa shape index (κ3) is 3.06. The first-order valence-electron chi connectivity index (χ1n) is 6.06. The number of nitrogens with zero attached hydrogens (tertiary/aromatic N) is 1. The average molecular weight is 249 g/mol. The lowest BCUT2D eigenvalue weighted by molar-refractivity contribution is 0.0521. The van der Waals surface area contributed by atoms with Gasteiger partial charge in [-0.1, -0.05) is 12.1 Å². The summed E-state index contributed by atoms with van der Waals surface area (Å²) in [4.78, 5) is 11.7. The molecule has 18 heavy (non-hydrogen) atoms. The third-order valence-corrected chi connectivity index (χ3v) is 2.47. The summed E-state index contributed by atoms with van der Waals surface area (Å²) in [5.41, 5.74) is 4.24. The monoisotopic (exact) mass is 249 g/mol. The molecule has 1 aliphatic rings. The van der Waals surface area contributed by atoms with Gasteiger partial charge in [0.05, 0.1) is 17.9 Å². The fourth-order valence-corrected chi connectivity index (χ4v) is 1.81. The molecule has 0 saturated heterocycles. The molecule has 2 rings (SSSR count). The second-order valence-electron chi connectivity index (χ2n) is 5.21. The Morgan fingerprint density at radius 2 is 2.11 bits per heavy atom. The number of anilines is 2. The number of hydrazine groups is 1. The van der Waals surface area contributed by atoms with Crippen molar-refractivity contribution in [2.75, 3.05) is 23.4 Å². The van der Waals surface area contributed by atoms with Gasteiger partial charge in [0.2, 0.25) is 0 Å². The highest BCUT2D eigenvalue weighted by atomic mass is 16.6. The molecule has 5 heteroatoms. The Hall–Kier alpha value is -1.91. The van der Waals surface area contributed by atoms with Gasteiger partial charge in [-0.2, -0.15) is 0 Å². The van der Waals surface area contributed by atoms with Gasteiger partial charge < -0.3 is 10.1 Å². The van der Waals surface area contributed by atoms with Crippen LogP contribution in [0.15, 0.2) is 24.3 Å². The number of fused-ring (bicyclic) bond motifs is 1. The molecule has 0 bridgehead atoms. The summed E-state index contributed by atoms with van der Waals surface area (Å²) in [6.45, 7) is 7.03. The molecule has 2 N–H and O–H groups in total. The van der Waals surface area contributed by atoms with Gasteiger partial charge in [0.25, 0.3) is 0 Å². The maximum atomic E-state index is 11.7. The summed E-state index contributed by atoms with van der Waals surface area (Å²) < 4.78 is 5.24. The molecule has 0 spiro atoms. The summed E-state index contributed by atoms with van der Waals surface area (Å²) >= 11 is 0. The van der Waals surface area contributed by atoms with E-state index in [-0.39, 0.29) is 0 Å². The van der Waals surface area contributed by atoms with Gasteiger partial charge in [-0.3, -0.25) is 5.01 Å². The number of nitrogens with one attached hydrogen (secondary N) is 2. The summed E-state index contributed by atoms with van der Waals surface area (Å²) in [5, 5.41) is 5.09. The zero-order valence-electron chi connectivity index (χ0n) is 11.0. The van der Waals surface area contributed by atoms with Crippen LogP contribution >= 0.6 is 0 Å². The van der Waals surface area contributed by atoms with Crippen LogP contribution in [0.4, 0.5) is 16.2 Å². The predicted octanol–water partition coefficient (Wildman–Crippen LogP) is 2.36. The number of benzene rings is 1. The molecule has 0 saturated carbocycles. The number of carbonyl (C=O) groups excluding carboxylic acids is 1. The topological polar surface area (TPSA) is 53.6 Å². The maximum absolute atomic E-state index is 11.7. The van der Waals surface area contributed by atoms with E-state index < -0.39 is 11.7 Å². The van der Waals surface area contributed by atoms with E-state index in [4.69, 9.17) is 4.74 Å². The molecule has 0 unspecified atom stereocenters. The molecule has 5 nitrogen and oxygen atoms in total. The molecule has 0 aliphatic carbocycles. The highest BCUT2D eigenvalue weighted by Crippen LogP contribution is 2.26. The maximum Gasteiger partial charge on any atom is 0.426 e. The van der Waals surface area contributed by atoms with Crippen molar-refractivity contribution in [1.82, 2.24) is 5.43 Å². The fraction of sp³-hybridized carbons (Fsp3) is 0.462. The molecule has 98 valence electrons. The molecule has 1 amide bonds. The van der Waals surface area contributed by atoms with E-state index in [2.05, 4.69) is 10.7 Å².